The molecule has 5 heteroatoms. The number of rotatable bonds is 8. The van der Waals surface area contributed by atoms with Crippen LogP contribution in [0.25, 0.3) is 0 Å². The zero-order chi connectivity index (χ0) is 15.0. The number of aliphatic carboxylic acids is 1. The fraction of sp³-hybridized carbons (Fsp3) is 0.467. The van der Waals surface area contributed by atoms with Gasteiger partial charge < -0.3 is 16.2 Å². The zero-order valence-corrected chi connectivity index (χ0v) is 11.8. The van der Waals surface area contributed by atoms with Crippen molar-refractivity contribution >= 4 is 17.6 Å². The molecule has 0 radical (unpaired) electrons. The van der Waals surface area contributed by atoms with E-state index in [1.165, 1.54) is 0 Å². The highest BCUT2D eigenvalue weighted by Gasteiger charge is 2.10. The van der Waals surface area contributed by atoms with Crippen LogP contribution in [0.3, 0.4) is 0 Å². The van der Waals surface area contributed by atoms with E-state index in [2.05, 4.69) is 5.32 Å². The minimum Gasteiger partial charge on any atom is -0.481 e. The van der Waals surface area contributed by atoms with E-state index in [-0.39, 0.29) is 18.2 Å². The molecule has 4 N–H and O–H groups in total. The van der Waals surface area contributed by atoms with E-state index < -0.39 is 5.97 Å². The Balaban J connectivity index is 2.56. The number of nitrogens with one attached hydrogen (secondary N) is 1. The summed E-state index contributed by atoms with van der Waals surface area (Å²) in [4.78, 5) is 22.4. The summed E-state index contributed by atoms with van der Waals surface area (Å²) >= 11 is 0. The highest BCUT2D eigenvalue weighted by atomic mass is 16.4. The first-order chi connectivity index (χ1) is 9.55. The second-order valence-corrected chi connectivity index (χ2v) is 4.86. The molecule has 20 heavy (non-hydrogen) atoms. The molecule has 0 saturated carbocycles. The van der Waals surface area contributed by atoms with Crippen molar-refractivity contribution in [1.29, 1.82) is 0 Å². The molecule has 1 amide bonds. The monoisotopic (exact) mass is 278 g/mol. The maximum atomic E-state index is 11.9. The van der Waals surface area contributed by atoms with Crippen LogP contribution in [0.1, 0.15) is 31.7 Å². The normalized spacial score (nSPS) is 11.9. The molecule has 1 aromatic rings. The second-order valence-electron chi connectivity index (χ2n) is 4.86. The van der Waals surface area contributed by atoms with Crippen molar-refractivity contribution < 1.29 is 14.7 Å². The number of amides is 1. The Morgan fingerprint density at radius 1 is 1.40 bits per heavy atom. The molecule has 5 nitrogen and oxygen atoms in total. The summed E-state index contributed by atoms with van der Waals surface area (Å²) < 4.78 is 0. The fourth-order valence-electron chi connectivity index (χ4n) is 1.92. The van der Waals surface area contributed by atoms with Crippen LogP contribution >= 0.6 is 0 Å². The molecule has 0 spiro atoms. The first kappa shape index (κ1) is 16.2. The van der Waals surface area contributed by atoms with Gasteiger partial charge >= 0.3 is 5.97 Å². The number of nitrogens with two attached hydrogens (primary N) is 1. The molecular formula is C15H22N2O3. The van der Waals surface area contributed by atoms with Gasteiger partial charge in [-0.05, 0) is 36.6 Å². The van der Waals surface area contributed by atoms with Crippen molar-refractivity contribution in [2.75, 3.05) is 11.9 Å². The Morgan fingerprint density at radius 2 is 2.15 bits per heavy atom. The third kappa shape index (κ3) is 5.84. The number of carbonyl (C=O) groups is 2. The Kier molecular flexibility index (Phi) is 6.73. The van der Waals surface area contributed by atoms with E-state index in [0.29, 0.717) is 25.1 Å². The SMILES string of the molecule is CCC(CN)CC(=O)Nc1cccc(CCC(=O)O)c1. The average molecular weight is 278 g/mol. The van der Waals surface area contributed by atoms with Gasteiger partial charge in [0.05, 0.1) is 0 Å². The van der Waals surface area contributed by atoms with Crippen LogP contribution in [0.2, 0.25) is 0 Å². The van der Waals surface area contributed by atoms with Crippen molar-refractivity contribution in [2.45, 2.75) is 32.6 Å². The Bertz CT molecular complexity index is 456. The summed E-state index contributed by atoms with van der Waals surface area (Å²) in [6.45, 7) is 2.51. The van der Waals surface area contributed by atoms with Crippen LogP contribution in [0.15, 0.2) is 24.3 Å². The molecule has 110 valence electrons. The molecule has 0 aromatic heterocycles. The third-order valence-corrected chi connectivity index (χ3v) is 3.22. The maximum absolute atomic E-state index is 11.9. The molecule has 1 unspecified atom stereocenters. The van der Waals surface area contributed by atoms with E-state index in [4.69, 9.17) is 10.8 Å². The molecule has 0 aliphatic heterocycles. The van der Waals surface area contributed by atoms with Crippen molar-refractivity contribution in [3.05, 3.63) is 29.8 Å². The molecule has 1 atom stereocenters. The lowest BCUT2D eigenvalue weighted by Crippen LogP contribution is -2.21. The molecule has 0 fully saturated rings. The lowest BCUT2D eigenvalue weighted by atomic mass is 10.0. The third-order valence-electron chi connectivity index (χ3n) is 3.22. The molecular weight excluding hydrogens is 256 g/mol. The molecule has 0 saturated heterocycles. The number of benzene rings is 1. The Labute approximate surface area is 119 Å². The molecule has 1 aromatic carbocycles. The number of carboxylic acids is 1. The number of anilines is 1. The van der Waals surface area contributed by atoms with Crippen molar-refractivity contribution in [3.8, 4) is 0 Å². The summed E-state index contributed by atoms with van der Waals surface area (Å²) in [6, 6.07) is 7.27. The topological polar surface area (TPSA) is 92.4 Å². The van der Waals surface area contributed by atoms with Crippen LogP contribution in [0.4, 0.5) is 5.69 Å². The highest BCUT2D eigenvalue weighted by Crippen LogP contribution is 2.14. The van der Waals surface area contributed by atoms with Gasteiger partial charge in [0, 0.05) is 18.5 Å². The van der Waals surface area contributed by atoms with E-state index in [1.54, 1.807) is 6.07 Å². The summed E-state index contributed by atoms with van der Waals surface area (Å²) in [5.41, 5.74) is 7.18. The van der Waals surface area contributed by atoms with E-state index >= 15 is 0 Å². The second kappa shape index (κ2) is 8.32. The van der Waals surface area contributed by atoms with Crippen LogP contribution in [-0.4, -0.2) is 23.5 Å². The Morgan fingerprint density at radius 3 is 2.75 bits per heavy atom. The summed E-state index contributed by atoms with van der Waals surface area (Å²) in [5, 5.41) is 11.5. The first-order valence-corrected chi connectivity index (χ1v) is 6.85. The number of carbonyl (C=O) groups excluding carboxylic acids is 1. The summed E-state index contributed by atoms with van der Waals surface area (Å²) in [6.07, 6.45) is 1.83. The number of hydrogen-bond donors (Lipinski definition) is 3. The van der Waals surface area contributed by atoms with Gasteiger partial charge in [-0.2, -0.15) is 0 Å². The molecule has 0 bridgehead atoms. The van der Waals surface area contributed by atoms with Gasteiger partial charge in [-0.15, -0.1) is 0 Å². The van der Waals surface area contributed by atoms with E-state index in [0.717, 1.165) is 12.0 Å². The van der Waals surface area contributed by atoms with Gasteiger partial charge in [-0.1, -0.05) is 25.5 Å². The maximum Gasteiger partial charge on any atom is 0.303 e. The average Bonchev–Trinajstić information content (AvgIpc) is 2.43. The van der Waals surface area contributed by atoms with Crippen LogP contribution in [0.5, 0.6) is 0 Å². The van der Waals surface area contributed by atoms with Gasteiger partial charge in [-0.3, -0.25) is 9.59 Å². The quantitative estimate of drug-likeness (QED) is 0.678. The standard InChI is InChI=1S/C15H22N2O3/c1-2-11(10-16)9-14(18)17-13-5-3-4-12(8-13)6-7-15(19)20/h3-5,8,11H,2,6-7,9-10,16H2,1H3,(H,17,18)(H,19,20). The van der Waals surface area contributed by atoms with Gasteiger partial charge in [0.2, 0.25) is 5.91 Å². The molecule has 1 rings (SSSR count). The van der Waals surface area contributed by atoms with Crippen LogP contribution in [0, 0.1) is 5.92 Å². The lowest BCUT2D eigenvalue weighted by molar-refractivity contribution is -0.137. The molecule has 0 aliphatic carbocycles. The van der Waals surface area contributed by atoms with E-state index in [9.17, 15) is 9.59 Å². The van der Waals surface area contributed by atoms with Crippen molar-refractivity contribution in [3.63, 3.8) is 0 Å². The van der Waals surface area contributed by atoms with E-state index in [1.807, 2.05) is 25.1 Å². The number of carboxylic acid groups (broad SMARTS) is 1. The Hall–Kier alpha value is -1.88. The van der Waals surface area contributed by atoms with Crippen molar-refractivity contribution in [1.82, 2.24) is 0 Å². The van der Waals surface area contributed by atoms with Gasteiger partial charge in [0.1, 0.15) is 0 Å². The van der Waals surface area contributed by atoms with Crippen LogP contribution < -0.4 is 11.1 Å². The lowest BCUT2D eigenvalue weighted by Gasteiger charge is -2.12. The fourth-order valence-corrected chi connectivity index (χ4v) is 1.92. The molecule has 0 heterocycles. The first-order valence-electron chi connectivity index (χ1n) is 6.85. The van der Waals surface area contributed by atoms with Crippen LogP contribution in [-0.2, 0) is 16.0 Å². The zero-order valence-electron chi connectivity index (χ0n) is 11.8. The van der Waals surface area contributed by atoms with Crippen molar-refractivity contribution in [2.24, 2.45) is 11.7 Å². The summed E-state index contributed by atoms with van der Waals surface area (Å²) in [7, 11) is 0. The smallest absolute Gasteiger partial charge is 0.303 e. The summed E-state index contributed by atoms with van der Waals surface area (Å²) in [5.74, 6) is -0.684. The van der Waals surface area contributed by atoms with Gasteiger partial charge in [0.15, 0.2) is 0 Å². The number of hydrogen-bond acceptors (Lipinski definition) is 3. The minimum atomic E-state index is -0.826. The predicted molar refractivity (Wildman–Crippen MR) is 78.5 cm³/mol. The molecule has 0 aliphatic rings. The van der Waals surface area contributed by atoms with Gasteiger partial charge in [-0.25, -0.2) is 0 Å². The highest BCUT2D eigenvalue weighted by molar-refractivity contribution is 5.90. The minimum absolute atomic E-state index is 0.0577. The number of aryl methyl sites for hydroxylation is 1. The van der Waals surface area contributed by atoms with Gasteiger partial charge in [0.25, 0.3) is 0 Å². The predicted octanol–water partition coefficient (Wildman–Crippen LogP) is 2.02. The largest absolute Gasteiger partial charge is 0.481 e.